The number of benzene rings is 1. The van der Waals surface area contributed by atoms with Gasteiger partial charge in [0.05, 0.1) is 6.04 Å². The second kappa shape index (κ2) is 8.48. The van der Waals surface area contributed by atoms with Crippen molar-refractivity contribution < 1.29 is 22.3 Å². The summed E-state index contributed by atoms with van der Waals surface area (Å²) in [5.74, 6) is -2.94. The van der Waals surface area contributed by atoms with Crippen LogP contribution < -0.4 is 10.7 Å². The molecule has 0 saturated heterocycles. The van der Waals surface area contributed by atoms with Crippen molar-refractivity contribution in [2.24, 2.45) is 5.92 Å². The van der Waals surface area contributed by atoms with Gasteiger partial charge in [-0.3, -0.25) is 5.43 Å². The number of hydrogen-bond donors (Lipinski definition) is 2. The van der Waals surface area contributed by atoms with Gasteiger partial charge in [0.2, 0.25) is 5.92 Å². The SMILES string of the molecule is CNCC1C=C(OCc2cc(F)ccc2F)NN1CC1CCC(F)(F)CC1. The number of rotatable bonds is 7. The second-order valence-electron chi connectivity index (χ2n) is 7.24. The Morgan fingerprint density at radius 1 is 1.26 bits per heavy atom. The monoisotopic (exact) mass is 387 g/mol. The van der Waals surface area contributed by atoms with E-state index in [0.29, 0.717) is 31.8 Å². The third-order valence-electron chi connectivity index (χ3n) is 5.09. The first kappa shape index (κ1) is 19.9. The molecule has 1 aromatic carbocycles. The summed E-state index contributed by atoms with van der Waals surface area (Å²) in [6.07, 6.45) is 2.70. The molecule has 1 fully saturated rings. The van der Waals surface area contributed by atoms with E-state index in [2.05, 4.69) is 10.7 Å². The Kier molecular flexibility index (Phi) is 6.26. The van der Waals surface area contributed by atoms with E-state index in [1.807, 2.05) is 18.1 Å². The predicted octanol–water partition coefficient (Wildman–Crippen LogP) is 3.56. The molecule has 0 radical (unpaired) electrons. The topological polar surface area (TPSA) is 36.5 Å². The Balaban J connectivity index is 1.56. The van der Waals surface area contributed by atoms with Crippen molar-refractivity contribution in [1.29, 1.82) is 0 Å². The van der Waals surface area contributed by atoms with Crippen molar-refractivity contribution in [3.63, 3.8) is 0 Å². The van der Waals surface area contributed by atoms with Gasteiger partial charge < -0.3 is 10.1 Å². The first-order valence-electron chi connectivity index (χ1n) is 9.20. The highest BCUT2D eigenvalue weighted by molar-refractivity contribution is 5.18. The molecule has 150 valence electrons. The van der Waals surface area contributed by atoms with E-state index < -0.39 is 17.6 Å². The van der Waals surface area contributed by atoms with Crippen LogP contribution in [0.5, 0.6) is 0 Å². The molecule has 2 aliphatic rings. The minimum atomic E-state index is -2.54. The van der Waals surface area contributed by atoms with Gasteiger partial charge in [0.15, 0.2) is 5.88 Å². The van der Waals surface area contributed by atoms with Gasteiger partial charge >= 0.3 is 0 Å². The Bertz CT molecular complexity index is 673. The van der Waals surface area contributed by atoms with Crippen LogP contribution in [-0.4, -0.2) is 37.1 Å². The third-order valence-corrected chi connectivity index (χ3v) is 5.09. The molecule has 0 bridgehead atoms. The van der Waals surface area contributed by atoms with Gasteiger partial charge in [-0.15, -0.1) is 0 Å². The van der Waals surface area contributed by atoms with Gasteiger partial charge in [-0.1, -0.05) is 0 Å². The molecule has 1 aliphatic carbocycles. The van der Waals surface area contributed by atoms with Crippen LogP contribution in [-0.2, 0) is 11.3 Å². The normalized spacial score (nSPS) is 23.1. The lowest BCUT2D eigenvalue weighted by atomic mass is 9.86. The highest BCUT2D eigenvalue weighted by atomic mass is 19.3. The van der Waals surface area contributed by atoms with Crippen molar-refractivity contribution in [2.75, 3.05) is 20.1 Å². The number of nitrogens with one attached hydrogen (secondary N) is 2. The lowest BCUT2D eigenvalue weighted by Gasteiger charge is -2.33. The molecule has 8 heteroatoms. The molecular weight excluding hydrogens is 362 g/mol. The molecule has 0 spiro atoms. The molecule has 1 saturated carbocycles. The predicted molar refractivity (Wildman–Crippen MR) is 93.7 cm³/mol. The van der Waals surface area contributed by atoms with Crippen LogP contribution in [0.1, 0.15) is 31.2 Å². The Morgan fingerprint density at radius 3 is 2.70 bits per heavy atom. The highest BCUT2D eigenvalue weighted by Gasteiger charge is 2.36. The summed E-state index contributed by atoms with van der Waals surface area (Å²) in [6, 6.07) is 3.23. The van der Waals surface area contributed by atoms with E-state index in [1.165, 1.54) is 0 Å². The quantitative estimate of drug-likeness (QED) is 0.702. The van der Waals surface area contributed by atoms with Gasteiger partial charge in [-0.25, -0.2) is 22.6 Å². The van der Waals surface area contributed by atoms with Crippen LogP contribution in [0.2, 0.25) is 0 Å². The molecule has 3 rings (SSSR count). The average Bonchev–Trinajstić information content (AvgIpc) is 2.99. The number of hydrogen-bond acceptors (Lipinski definition) is 4. The van der Waals surface area contributed by atoms with Crippen LogP contribution in [0.15, 0.2) is 30.2 Å². The maximum atomic E-state index is 13.7. The van der Waals surface area contributed by atoms with E-state index in [9.17, 15) is 17.6 Å². The summed E-state index contributed by atoms with van der Waals surface area (Å²) in [7, 11) is 1.83. The molecule has 1 aliphatic heterocycles. The van der Waals surface area contributed by atoms with E-state index in [4.69, 9.17) is 4.74 Å². The van der Waals surface area contributed by atoms with Gasteiger partial charge in [0.25, 0.3) is 0 Å². The lowest BCUT2D eigenvalue weighted by Crippen LogP contribution is -2.46. The molecule has 0 amide bonds. The van der Waals surface area contributed by atoms with Crippen LogP contribution in [0.25, 0.3) is 0 Å². The Labute approximate surface area is 156 Å². The smallest absolute Gasteiger partial charge is 0.248 e. The average molecular weight is 387 g/mol. The largest absolute Gasteiger partial charge is 0.474 e. The number of hydrazine groups is 1. The fourth-order valence-corrected chi connectivity index (χ4v) is 3.54. The first-order chi connectivity index (χ1) is 12.9. The number of likely N-dealkylation sites (N-methyl/N-ethyl adjacent to an activating group) is 1. The van der Waals surface area contributed by atoms with Crippen LogP contribution in [0.4, 0.5) is 17.6 Å². The van der Waals surface area contributed by atoms with E-state index >= 15 is 0 Å². The second-order valence-corrected chi connectivity index (χ2v) is 7.24. The first-order valence-corrected chi connectivity index (χ1v) is 9.20. The Morgan fingerprint density at radius 2 is 2.00 bits per heavy atom. The molecule has 0 aromatic heterocycles. The van der Waals surface area contributed by atoms with Crippen molar-refractivity contribution in [3.8, 4) is 0 Å². The summed E-state index contributed by atoms with van der Waals surface area (Å²) in [5.41, 5.74) is 3.26. The summed E-state index contributed by atoms with van der Waals surface area (Å²) in [4.78, 5) is 0. The molecule has 1 aromatic rings. The maximum absolute atomic E-state index is 13.7. The minimum Gasteiger partial charge on any atom is -0.474 e. The molecular formula is C19H25F4N3O. The number of ether oxygens (including phenoxy) is 1. The van der Waals surface area contributed by atoms with E-state index in [0.717, 1.165) is 18.2 Å². The standard InChI is InChI=1S/C19H25F4N3O/c1-24-10-16-9-18(27-12-14-8-15(20)2-3-17(14)21)25-26(16)11-13-4-6-19(22,23)7-5-13/h2-3,8-9,13,16,24-25H,4-7,10-12H2,1H3. The molecule has 1 unspecified atom stereocenters. The minimum absolute atomic E-state index is 0.00945. The van der Waals surface area contributed by atoms with Gasteiger partial charge in [0.1, 0.15) is 18.2 Å². The summed E-state index contributed by atoms with van der Waals surface area (Å²) in [5, 5.41) is 5.05. The number of nitrogens with zero attached hydrogens (tertiary/aromatic N) is 1. The van der Waals surface area contributed by atoms with Crippen molar-refractivity contribution in [3.05, 3.63) is 47.4 Å². The van der Waals surface area contributed by atoms with E-state index in [-0.39, 0.29) is 37.0 Å². The van der Waals surface area contributed by atoms with Gasteiger partial charge in [0, 0.05) is 31.5 Å². The van der Waals surface area contributed by atoms with Crippen LogP contribution in [0, 0.1) is 17.6 Å². The fourth-order valence-electron chi connectivity index (χ4n) is 3.54. The van der Waals surface area contributed by atoms with Crippen molar-refractivity contribution in [1.82, 2.24) is 15.8 Å². The van der Waals surface area contributed by atoms with Gasteiger partial charge in [-0.2, -0.15) is 0 Å². The third kappa shape index (κ3) is 5.35. The fraction of sp³-hybridized carbons (Fsp3) is 0.579. The summed E-state index contributed by atoms with van der Waals surface area (Å²) in [6.45, 7) is 1.18. The zero-order chi connectivity index (χ0) is 19.4. The Hall–Kier alpha value is -1.80. The molecule has 27 heavy (non-hydrogen) atoms. The lowest BCUT2D eigenvalue weighted by molar-refractivity contribution is -0.0511. The molecule has 1 atom stereocenters. The molecule has 2 N–H and O–H groups in total. The van der Waals surface area contributed by atoms with Gasteiger partial charge in [-0.05, 0) is 50.1 Å². The zero-order valence-electron chi connectivity index (χ0n) is 15.3. The van der Waals surface area contributed by atoms with E-state index in [1.54, 1.807) is 0 Å². The van der Waals surface area contributed by atoms with Crippen LogP contribution in [0.3, 0.4) is 0 Å². The highest BCUT2D eigenvalue weighted by Crippen LogP contribution is 2.36. The number of halogens is 4. The van der Waals surface area contributed by atoms with Crippen molar-refractivity contribution in [2.45, 2.75) is 44.3 Å². The zero-order valence-corrected chi connectivity index (χ0v) is 15.3. The van der Waals surface area contributed by atoms with Crippen LogP contribution >= 0.6 is 0 Å². The molecule has 4 nitrogen and oxygen atoms in total. The van der Waals surface area contributed by atoms with Crippen molar-refractivity contribution >= 4 is 0 Å². The number of alkyl halides is 2. The molecule has 1 heterocycles. The summed E-state index contributed by atoms with van der Waals surface area (Å²) < 4.78 is 59.3. The maximum Gasteiger partial charge on any atom is 0.248 e. The summed E-state index contributed by atoms with van der Waals surface area (Å²) >= 11 is 0.